The molecule has 1 saturated heterocycles. The Bertz CT molecular complexity index is 1610. The molecule has 186 valence electrons. The Morgan fingerprint density at radius 1 is 0.973 bits per heavy atom. The van der Waals surface area contributed by atoms with Gasteiger partial charge in [-0.3, -0.25) is 9.55 Å². The van der Waals surface area contributed by atoms with E-state index < -0.39 is 0 Å². The molecular formula is C28H26FN7O. The van der Waals surface area contributed by atoms with Gasteiger partial charge in [0, 0.05) is 29.9 Å². The maximum absolute atomic E-state index is 14.0. The van der Waals surface area contributed by atoms with E-state index in [-0.39, 0.29) is 12.0 Å². The quantitative estimate of drug-likeness (QED) is 0.290. The van der Waals surface area contributed by atoms with Gasteiger partial charge in [-0.25, -0.2) is 9.37 Å². The molecule has 0 spiro atoms. The Labute approximate surface area is 212 Å². The van der Waals surface area contributed by atoms with E-state index in [0.29, 0.717) is 12.0 Å². The van der Waals surface area contributed by atoms with Gasteiger partial charge < -0.3 is 15.4 Å². The third-order valence-corrected chi connectivity index (χ3v) is 6.94. The molecule has 0 bridgehead atoms. The number of benzene rings is 2. The van der Waals surface area contributed by atoms with Gasteiger partial charge in [0.2, 0.25) is 5.95 Å². The van der Waals surface area contributed by atoms with E-state index >= 15 is 0 Å². The average molecular weight is 496 g/mol. The number of ether oxygens (including phenoxy) is 1. The van der Waals surface area contributed by atoms with Gasteiger partial charge >= 0.3 is 0 Å². The van der Waals surface area contributed by atoms with Crippen molar-refractivity contribution < 1.29 is 9.13 Å². The molecule has 3 aromatic heterocycles. The summed E-state index contributed by atoms with van der Waals surface area (Å²) in [6, 6.07) is 14.8. The lowest BCUT2D eigenvalue weighted by atomic mass is 10.0. The van der Waals surface area contributed by atoms with Crippen LogP contribution >= 0.6 is 0 Å². The topological polar surface area (TPSA) is 89.8 Å². The van der Waals surface area contributed by atoms with E-state index in [1.807, 2.05) is 41.2 Å². The first kappa shape index (κ1) is 22.1. The van der Waals surface area contributed by atoms with Crippen molar-refractivity contribution in [3.63, 3.8) is 0 Å². The number of fused-ring (bicyclic) bond motifs is 2. The first-order valence-electron chi connectivity index (χ1n) is 12.8. The molecular weight excluding hydrogens is 469 g/mol. The molecule has 1 aliphatic carbocycles. The zero-order valence-corrected chi connectivity index (χ0v) is 20.2. The molecule has 2 aliphatic rings. The summed E-state index contributed by atoms with van der Waals surface area (Å²) >= 11 is 0. The van der Waals surface area contributed by atoms with Gasteiger partial charge in [0.15, 0.2) is 17.0 Å². The van der Waals surface area contributed by atoms with Crippen LogP contribution in [0.15, 0.2) is 61.1 Å². The van der Waals surface area contributed by atoms with E-state index in [1.54, 1.807) is 12.3 Å². The minimum Gasteiger partial charge on any atom is -0.365 e. The van der Waals surface area contributed by atoms with Crippen LogP contribution in [0.3, 0.4) is 0 Å². The molecule has 2 aromatic carbocycles. The van der Waals surface area contributed by atoms with Crippen molar-refractivity contribution in [2.24, 2.45) is 0 Å². The summed E-state index contributed by atoms with van der Waals surface area (Å²) in [7, 11) is 0. The summed E-state index contributed by atoms with van der Waals surface area (Å²) in [5, 5.41) is 7.81. The smallest absolute Gasteiger partial charge is 0.231 e. The number of imidazole rings is 1. The molecule has 1 aliphatic heterocycles. The molecule has 7 rings (SSSR count). The number of nitrogens with one attached hydrogen (secondary N) is 2. The molecule has 8 nitrogen and oxygen atoms in total. The van der Waals surface area contributed by atoms with Crippen LogP contribution in [-0.4, -0.2) is 37.2 Å². The average Bonchev–Trinajstić information content (AvgIpc) is 3.64. The lowest BCUT2D eigenvalue weighted by Gasteiger charge is -2.24. The third-order valence-electron chi connectivity index (χ3n) is 6.94. The second-order valence-electron chi connectivity index (χ2n) is 9.69. The molecule has 1 unspecified atom stereocenters. The largest absolute Gasteiger partial charge is 0.365 e. The molecule has 2 N–H and O–H groups in total. The highest BCUT2D eigenvalue weighted by Crippen LogP contribution is 2.33. The first-order chi connectivity index (χ1) is 18.2. The van der Waals surface area contributed by atoms with Gasteiger partial charge in [-0.2, -0.15) is 9.97 Å². The van der Waals surface area contributed by atoms with Crippen molar-refractivity contribution in [3.8, 4) is 11.1 Å². The molecule has 0 radical (unpaired) electrons. The molecule has 1 atom stereocenters. The van der Waals surface area contributed by atoms with Crippen LogP contribution in [0.4, 0.5) is 21.8 Å². The highest BCUT2D eigenvalue weighted by atomic mass is 19.1. The predicted molar refractivity (Wildman–Crippen MR) is 141 cm³/mol. The predicted octanol–water partition coefficient (Wildman–Crippen LogP) is 6.20. The van der Waals surface area contributed by atoms with Gasteiger partial charge in [0.05, 0.1) is 11.8 Å². The normalized spacial score (nSPS) is 17.8. The van der Waals surface area contributed by atoms with Crippen molar-refractivity contribution in [1.29, 1.82) is 0 Å². The Kier molecular flexibility index (Phi) is 5.43. The van der Waals surface area contributed by atoms with E-state index in [1.165, 1.54) is 12.1 Å². The number of halogens is 1. The summed E-state index contributed by atoms with van der Waals surface area (Å²) in [6.07, 6.45) is 8.87. The summed E-state index contributed by atoms with van der Waals surface area (Å²) < 4.78 is 22.0. The SMILES string of the molecule is Fc1cccc(-c2ccnc3ccc(Nc4nc(NC5CC5)c5ncn(C6CCCCO6)c5n4)cc23)c1. The zero-order chi connectivity index (χ0) is 24.8. The summed E-state index contributed by atoms with van der Waals surface area (Å²) in [6.45, 7) is 0.743. The van der Waals surface area contributed by atoms with Gasteiger partial charge in [-0.05, 0) is 79.6 Å². The van der Waals surface area contributed by atoms with Crippen molar-refractivity contribution in [1.82, 2.24) is 24.5 Å². The van der Waals surface area contributed by atoms with Crippen LogP contribution in [0.1, 0.15) is 38.3 Å². The minimum absolute atomic E-state index is 0.0733. The molecule has 1 saturated carbocycles. The fourth-order valence-electron chi connectivity index (χ4n) is 4.91. The Hall–Kier alpha value is -4.11. The van der Waals surface area contributed by atoms with E-state index in [9.17, 15) is 4.39 Å². The molecule has 0 amide bonds. The second-order valence-corrected chi connectivity index (χ2v) is 9.69. The van der Waals surface area contributed by atoms with Crippen molar-refractivity contribution in [2.45, 2.75) is 44.4 Å². The van der Waals surface area contributed by atoms with Crippen LogP contribution < -0.4 is 10.6 Å². The fourth-order valence-corrected chi connectivity index (χ4v) is 4.91. The van der Waals surface area contributed by atoms with Crippen LogP contribution in [0.2, 0.25) is 0 Å². The van der Waals surface area contributed by atoms with Crippen LogP contribution in [0, 0.1) is 5.82 Å². The summed E-state index contributed by atoms with van der Waals surface area (Å²) in [5.74, 6) is 0.934. The lowest BCUT2D eigenvalue weighted by Crippen LogP contribution is -2.18. The molecule has 37 heavy (non-hydrogen) atoms. The van der Waals surface area contributed by atoms with Crippen molar-refractivity contribution >= 4 is 39.5 Å². The van der Waals surface area contributed by atoms with Crippen LogP contribution in [0.25, 0.3) is 33.2 Å². The number of hydrogen-bond acceptors (Lipinski definition) is 7. The van der Waals surface area contributed by atoms with Crippen LogP contribution in [-0.2, 0) is 4.74 Å². The van der Waals surface area contributed by atoms with Gasteiger partial charge in [0.1, 0.15) is 12.0 Å². The summed E-state index contributed by atoms with van der Waals surface area (Å²) in [5.41, 5.74) is 4.85. The Balaban J connectivity index is 1.29. The van der Waals surface area contributed by atoms with Crippen molar-refractivity contribution in [3.05, 3.63) is 66.9 Å². The molecule has 9 heteroatoms. The van der Waals surface area contributed by atoms with Crippen molar-refractivity contribution in [2.75, 3.05) is 17.2 Å². The maximum atomic E-state index is 14.0. The fraction of sp³-hybridized carbons (Fsp3) is 0.286. The van der Waals surface area contributed by atoms with E-state index in [4.69, 9.17) is 14.7 Å². The third kappa shape index (κ3) is 4.35. The monoisotopic (exact) mass is 495 g/mol. The number of anilines is 3. The standard InChI is InChI=1S/C28H26FN7O/c29-18-5-3-4-17(14-18)21-11-12-30-23-10-9-20(15-22(21)23)33-28-34-26(32-19-7-8-19)25-27(35-28)36(16-31-25)24-6-1-2-13-37-24/h3-5,9-12,14-16,19,24H,1-2,6-8,13H2,(H2,32,33,34,35). The summed E-state index contributed by atoms with van der Waals surface area (Å²) in [4.78, 5) is 18.8. The molecule has 5 aromatic rings. The van der Waals surface area contributed by atoms with Crippen LogP contribution in [0.5, 0.6) is 0 Å². The first-order valence-corrected chi connectivity index (χ1v) is 12.8. The lowest BCUT2D eigenvalue weighted by molar-refractivity contribution is -0.0298. The Morgan fingerprint density at radius 3 is 2.76 bits per heavy atom. The number of rotatable bonds is 6. The molecule has 2 fully saturated rings. The van der Waals surface area contributed by atoms with E-state index in [0.717, 1.165) is 83.4 Å². The number of nitrogens with zero attached hydrogens (tertiary/aromatic N) is 5. The highest BCUT2D eigenvalue weighted by Gasteiger charge is 2.26. The Morgan fingerprint density at radius 2 is 1.92 bits per heavy atom. The maximum Gasteiger partial charge on any atom is 0.231 e. The highest BCUT2D eigenvalue weighted by molar-refractivity contribution is 5.96. The second kappa shape index (κ2) is 9.08. The number of pyridine rings is 1. The molecule has 4 heterocycles. The van der Waals surface area contributed by atoms with E-state index in [2.05, 4.69) is 20.6 Å². The van der Waals surface area contributed by atoms with Gasteiger partial charge in [0.25, 0.3) is 0 Å². The number of aromatic nitrogens is 5. The zero-order valence-electron chi connectivity index (χ0n) is 20.2. The minimum atomic E-state index is -0.271. The van der Waals surface area contributed by atoms with Gasteiger partial charge in [-0.1, -0.05) is 12.1 Å². The number of hydrogen-bond donors (Lipinski definition) is 2. The van der Waals surface area contributed by atoms with Gasteiger partial charge in [-0.15, -0.1) is 0 Å².